The molecule has 0 radical (unpaired) electrons. The number of halogens is 2. The van der Waals surface area contributed by atoms with E-state index >= 15 is 0 Å². The maximum atomic E-state index is 13.3. The molecule has 23 heavy (non-hydrogen) atoms. The van der Waals surface area contributed by atoms with Gasteiger partial charge in [0.25, 0.3) is 0 Å². The summed E-state index contributed by atoms with van der Waals surface area (Å²) in [7, 11) is 0. The predicted molar refractivity (Wildman–Crippen MR) is 94.8 cm³/mol. The summed E-state index contributed by atoms with van der Waals surface area (Å²) in [6.45, 7) is 0. The lowest BCUT2D eigenvalue weighted by Gasteiger charge is -2.03. The summed E-state index contributed by atoms with van der Waals surface area (Å²) in [6, 6.07) is 11.5. The number of hydrogen-bond acceptors (Lipinski definition) is 3. The van der Waals surface area contributed by atoms with Crippen molar-refractivity contribution in [3.8, 4) is 5.88 Å². The summed E-state index contributed by atoms with van der Waals surface area (Å²) < 4.78 is 14.2. The molecule has 0 aliphatic rings. The van der Waals surface area contributed by atoms with E-state index in [1.165, 1.54) is 18.2 Å². The average Bonchev–Trinajstić information content (AvgIpc) is 2.80. The molecular formula is C15H10BrFN4OS. The zero-order valence-corrected chi connectivity index (χ0v) is 13.9. The number of aromatic amines is 1. The van der Waals surface area contributed by atoms with Gasteiger partial charge in [0.2, 0.25) is 11.0 Å². The molecule has 3 aromatic rings. The molecule has 0 amide bonds. The third-order valence-electron chi connectivity index (χ3n) is 3.03. The fourth-order valence-electron chi connectivity index (χ4n) is 2.05. The van der Waals surface area contributed by atoms with Crippen molar-refractivity contribution in [2.24, 2.45) is 10.2 Å². The average molecular weight is 393 g/mol. The van der Waals surface area contributed by atoms with Gasteiger partial charge in [0, 0.05) is 15.5 Å². The Kier molecular flexibility index (Phi) is 4.35. The predicted octanol–water partition coefficient (Wildman–Crippen LogP) is 5.26. The van der Waals surface area contributed by atoms with Crippen LogP contribution in [0.25, 0.3) is 10.9 Å². The molecule has 0 saturated carbocycles. The summed E-state index contributed by atoms with van der Waals surface area (Å²) >= 11 is 8.45. The van der Waals surface area contributed by atoms with Crippen LogP contribution in [0.1, 0.15) is 0 Å². The van der Waals surface area contributed by atoms with Gasteiger partial charge in [0.1, 0.15) is 5.82 Å². The monoisotopic (exact) mass is 392 g/mol. The highest BCUT2D eigenvalue weighted by molar-refractivity contribution is 9.10. The second kappa shape index (κ2) is 6.43. The summed E-state index contributed by atoms with van der Waals surface area (Å²) in [5.74, 6) is -0.623. The van der Waals surface area contributed by atoms with Crippen LogP contribution in [-0.2, 0) is 0 Å². The number of aromatic nitrogens is 1. The minimum Gasteiger partial charge on any atom is -0.493 e. The first-order valence-electron chi connectivity index (χ1n) is 6.51. The standard InChI is InChI=1S/C15H10BrFN4OS/c16-8-2-1-3-10(6-8)18-15(23)21-20-13-11-7-9(17)4-5-12(11)19-14(13)22/h1-7,19,22H,(H,18,23). The number of thiocarbonyl (C=S) groups is 1. The molecule has 5 nitrogen and oxygen atoms in total. The Labute approximate surface area is 144 Å². The van der Waals surface area contributed by atoms with Gasteiger partial charge in [-0.3, -0.25) is 0 Å². The van der Waals surface area contributed by atoms with Crippen molar-refractivity contribution in [3.63, 3.8) is 0 Å². The summed E-state index contributed by atoms with van der Waals surface area (Å²) in [5, 5.41) is 21.1. The van der Waals surface area contributed by atoms with Gasteiger partial charge in [0.05, 0.1) is 5.52 Å². The highest BCUT2D eigenvalue weighted by Crippen LogP contribution is 2.35. The van der Waals surface area contributed by atoms with Gasteiger partial charge in [-0.25, -0.2) is 4.39 Å². The molecule has 0 fully saturated rings. The molecule has 2 aromatic carbocycles. The smallest absolute Gasteiger partial charge is 0.218 e. The zero-order valence-electron chi connectivity index (χ0n) is 11.5. The molecule has 3 N–H and O–H groups in total. The number of benzene rings is 2. The van der Waals surface area contributed by atoms with Crippen LogP contribution in [-0.4, -0.2) is 15.2 Å². The molecule has 0 aliphatic carbocycles. The second-order valence-electron chi connectivity index (χ2n) is 4.65. The molecule has 8 heteroatoms. The number of H-pyrrole nitrogens is 1. The molecule has 0 atom stereocenters. The Morgan fingerprint density at radius 2 is 2.09 bits per heavy atom. The van der Waals surface area contributed by atoms with Gasteiger partial charge in [-0.2, -0.15) is 0 Å². The quantitative estimate of drug-likeness (QED) is 0.411. The molecule has 0 spiro atoms. The fourth-order valence-corrected chi connectivity index (χ4v) is 2.60. The highest BCUT2D eigenvalue weighted by atomic mass is 79.9. The summed E-state index contributed by atoms with van der Waals surface area (Å²) in [6.07, 6.45) is 0. The molecule has 0 bridgehead atoms. The van der Waals surface area contributed by atoms with E-state index in [1.807, 2.05) is 24.3 Å². The van der Waals surface area contributed by atoms with Crippen LogP contribution in [0.3, 0.4) is 0 Å². The molecule has 1 heterocycles. The van der Waals surface area contributed by atoms with Gasteiger partial charge < -0.3 is 15.4 Å². The lowest BCUT2D eigenvalue weighted by Crippen LogP contribution is -2.04. The van der Waals surface area contributed by atoms with Crippen LogP contribution in [0.2, 0.25) is 0 Å². The lowest BCUT2D eigenvalue weighted by atomic mass is 10.2. The first-order chi connectivity index (χ1) is 11.0. The molecule has 0 saturated heterocycles. The number of azo groups is 1. The first kappa shape index (κ1) is 15.6. The second-order valence-corrected chi connectivity index (χ2v) is 5.95. The van der Waals surface area contributed by atoms with Gasteiger partial charge in [0.15, 0.2) is 5.69 Å². The number of nitrogens with one attached hydrogen (secondary N) is 2. The van der Waals surface area contributed by atoms with Crippen LogP contribution < -0.4 is 5.32 Å². The minimum atomic E-state index is -0.428. The van der Waals surface area contributed by atoms with Gasteiger partial charge in [-0.05, 0) is 48.6 Å². The lowest BCUT2D eigenvalue weighted by molar-refractivity contribution is 0.459. The largest absolute Gasteiger partial charge is 0.493 e. The van der Waals surface area contributed by atoms with E-state index in [-0.39, 0.29) is 16.7 Å². The van der Waals surface area contributed by atoms with E-state index in [0.29, 0.717) is 10.9 Å². The van der Waals surface area contributed by atoms with Crippen molar-refractivity contribution >= 4 is 55.5 Å². The normalized spacial score (nSPS) is 11.2. The number of aromatic hydroxyl groups is 1. The van der Waals surface area contributed by atoms with E-state index in [1.54, 1.807) is 0 Å². The number of fused-ring (bicyclic) bond motifs is 1. The van der Waals surface area contributed by atoms with Crippen molar-refractivity contribution in [2.45, 2.75) is 0 Å². The number of hydrogen-bond donors (Lipinski definition) is 3. The number of anilines is 1. The Bertz CT molecular complexity index is 925. The van der Waals surface area contributed by atoms with Crippen molar-refractivity contribution in [1.82, 2.24) is 4.98 Å². The fraction of sp³-hybridized carbons (Fsp3) is 0. The Balaban J connectivity index is 1.83. The zero-order chi connectivity index (χ0) is 16.4. The Morgan fingerprint density at radius 1 is 1.26 bits per heavy atom. The maximum absolute atomic E-state index is 13.3. The van der Waals surface area contributed by atoms with Gasteiger partial charge in [-0.15, -0.1) is 10.2 Å². The van der Waals surface area contributed by atoms with Crippen LogP contribution in [0.15, 0.2) is 57.2 Å². The number of nitrogens with zero attached hydrogens (tertiary/aromatic N) is 2. The van der Waals surface area contributed by atoms with Crippen molar-refractivity contribution in [3.05, 3.63) is 52.8 Å². The molecule has 1 aromatic heterocycles. The summed E-state index contributed by atoms with van der Waals surface area (Å²) in [5.41, 5.74) is 1.44. The topological polar surface area (TPSA) is 72.8 Å². The summed E-state index contributed by atoms with van der Waals surface area (Å²) in [4.78, 5) is 2.70. The van der Waals surface area contributed by atoms with E-state index in [0.717, 1.165) is 10.2 Å². The van der Waals surface area contributed by atoms with E-state index in [9.17, 15) is 9.50 Å². The van der Waals surface area contributed by atoms with E-state index < -0.39 is 5.82 Å². The molecule has 116 valence electrons. The SMILES string of the molecule is Oc1[nH]c2ccc(F)cc2c1N=NC(=S)Nc1cccc(Br)c1. The van der Waals surface area contributed by atoms with Crippen LogP contribution in [0, 0.1) is 5.82 Å². The highest BCUT2D eigenvalue weighted by Gasteiger charge is 2.11. The molecule has 0 aliphatic heterocycles. The van der Waals surface area contributed by atoms with Crippen LogP contribution in [0.5, 0.6) is 5.88 Å². The van der Waals surface area contributed by atoms with Crippen molar-refractivity contribution in [2.75, 3.05) is 5.32 Å². The Morgan fingerprint density at radius 3 is 2.87 bits per heavy atom. The number of rotatable bonds is 2. The third-order valence-corrected chi connectivity index (χ3v) is 3.71. The van der Waals surface area contributed by atoms with Gasteiger partial charge in [-0.1, -0.05) is 22.0 Å². The van der Waals surface area contributed by atoms with E-state index in [4.69, 9.17) is 12.2 Å². The third kappa shape index (κ3) is 3.54. The van der Waals surface area contributed by atoms with E-state index in [2.05, 4.69) is 36.5 Å². The van der Waals surface area contributed by atoms with Crippen molar-refractivity contribution in [1.29, 1.82) is 0 Å². The van der Waals surface area contributed by atoms with Crippen LogP contribution in [0.4, 0.5) is 15.8 Å². The first-order valence-corrected chi connectivity index (χ1v) is 7.71. The van der Waals surface area contributed by atoms with Gasteiger partial charge >= 0.3 is 0 Å². The van der Waals surface area contributed by atoms with Crippen molar-refractivity contribution < 1.29 is 9.50 Å². The molecule has 3 rings (SSSR count). The maximum Gasteiger partial charge on any atom is 0.218 e. The molecular weight excluding hydrogens is 383 g/mol. The van der Waals surface area contributed by atoms with Crippen LogP contribution >= 0.6 is 28.1 Å². The molecule has 0 unspecified atom stereocenters. The Hall–Kier alpha value is -2.32. The minimum absolute atomic E-state index is 0.119.